The molecular formula is C22H26N2O5. The van der Waals surface area contributed by atoms with Crippen molar-refractivity contribution >= 4 is 11.9 Å². The number of carbonyl (C=O) groups is 2. The molecular weight excluding hydrogens is 372 g/mol. The van der Waals surface area contributed by atoms with E-state index < -0.39 is 11.6 Å². The van der Waals surface area contributed by atoms with E-state index in [-0.39, 0.29) is 19.1 Å². The van der Waals surface area contributed by atoms with Crippen LogP contribution in [0, 0.1) is 0 Å². The van der Waals surface area contributed by atoms with Crippen LogP contribution in [-0.2, 0) is 10.3 Å². The van der Waals surface area contributed by atoms with E-state index in [9.17, 15) is 9.59 Å². The van der Waals surface area contributed by atoms with Gasteiger partial charge in [-0.05, 0) is 55.3 Å². The molecule has 1 fully saturated rings. The molecule has 154 valence electrons. The van der Waals surface area contributed by atoms with Crippen molar-refractivity contribution in [2.45, 2.75) is 25.8 Å². The van der Waals surface area contributed by atoms with E-state index in [1.807, 2.05) is 26.0 Å². The summed E-state index contributed by atoms with van der Waals surface area (Å²) in [5, 5.41) is 2.87. The van der Waals surface area contributed by atoms with Gasteiger partial charge in [-0.1, -0.05) is 19.1 Å². The molecule has 2 aromatic rings. The van der Waals surface area contributed by atoms with Gasteiger partial charge in [0.1, 0.15) is 29.4 Å². The summed E-state index contributed by atoms with van der Waals surface area (Å²) in [6.07, 6.45) is 0.445. The quantitative estimate of drug-likeness (QED) is 0.656. The average molecular weight is 398 g/mol. The molecule has 29 heavy (non-hydrogen) atoms. The predicted octanol–water partition coefficient (Wildman–Crippen LogP) is 3.33. The second-order valence-electron chi connectivity index (χ2n) is 6.63. The van der Waals surface area contributed by atoms with Gasteiger partial charge >= 0.3 is 6.03 Å². The Balaban J connectivity index is 1.65. The molecule has 7 nitrogen and oxygen atoms in total. The Morgan fingerprint density at radius 2 is 1.48 bits per heavy atom. The minimum absolute atomic E-state index is 0.162. The highest BCUT2D eigenvalue weighted by Gasteiger charge is 2.51. The van der Waals surface area contributed by atoms with Crippen molar-refractivity contribution in [1.82, 2.24) is 10.2 Å². The highest BCUT2D eigenvalue weighted by Crippen LogP contribution is 2.33. The van der Waals surface area contributed by atoms with Crippen LogP contribution in [0.3, 0.4) is 0 Å². The van der Waals surface area contributed by atoms with Crippen LogP contribution in [0.15, 0.2) is 48.5 Å². The zero-order chi connectivity index (χ0) is 20.9. The maximum Gasteiger partial charge on any atom is 0.325 e. The lowest BCUT2D eigenvalue weighted by atomic mass is 9.87. The summed E-state index contributed by atoms with van der Waals surface area (Å²) < 4.78 is 16.3. The first-order chi connectivity index (χ1) is 14.0. The second kappa shape index (κ2) is 8.86. The number of benzene rings is 2. The van der Waals surface area contributed by atoms with Gasteiger partial charge in [-0.25, -0.2) is 4.79 Å². The van der Waals surface area contributed by atoms with Gasteiger partial charge in [0.2, 0.25) is 0 Å². The van der Waals surface area contributed by atoms with Gasteiger partial charge in [0, 0.05) is 0 Å². The Bertz CT molecular complexity index is 851. The van der Waals surface area contributed by atoms with Gasteiger partial charge in [-0.3, -0.25) is 9.69 Å². The fourth-order valence-electron chi connectivity index (χ4n) is 3.40. The molecule has 1 aliphatic rings. The minimum Gasteiger partial charge on any atom is -0.497 e. The molecule has 1 N–H and O–H groups in total. The van der Waals surface area contributed by atoms with Gasteiger partial charge in [0.25, 0.3) is 5.91 Å². The van der Waals surface area contributed by atoms with E-state index in [1.54, 1.807) is 43.5 Å². The third-order valence-corrected chi connectivity index (χ3v) is 5.01. The van der Waals surface area contributed by atoms with Gasteiger partial charge in [0.05, 0.1) is 20.3 Å². The summed E-state index contributed by atoms with van der Waals surface area (Å²) in [5.74, 6) is 1.83. The van der Waals surface area contributed by atoms with Crippen LogP contribution in [0.4, 0.5) is 4.79 Å². The minimum atomic E-state index is -1.07. The lowest BCUT2D eigenvalue weighted by molar-refractivity contribution is -0.132. The average Bonchev–Trinajstić information content (AvgIpc) is 3.00. The highest BCUT2D eigenvalue weighted by molar-refractivity contribution is 6.07. The number of rotatable bonds is 9. The lowest BCUT2D eigenvalue weighted by Gasteiger charge is -2.26. The second-order valence-corrected chi connectivity index (χ2v) is 6.63. The van der Waals surface area contributed by atoms with E-state index >= 15 is 0 Å². The smallest absolute Gasteiger partial charge is 0.325 e. The van der Waals surface area contributed by atoms with Crippen molar-refractivity contribution in [2.75, 3.05) is 26.9 Å². The summed E-state index contributed by atoms with van der Waals surface area (Å²) in [5.41, 5.74) is -0.336. The largest absolute Gasteiger partial charge is 0.497 e. The maximum absolute atomic E-state index is 13.1. The molecule has 0 spiro atoms. The van der Waals surface area contributed by atoms with Crippen molar-refractivity contribution in [2.24, 2.45) is 0 Å². The number of hydrogen-bond donors (Lipinski definition) is 1. The molecule has 1 heterocycles. The summed E-state index contributed by atoms with van der Waals surface area (Å²) in [7, 11) is 1.58. The van der Waals surface area contributed by atoms with Gasteiger partial charge in [-0.2, -0.15) is 0 Å². The van der Waals surface area contributed by atoms with Gasteiger partial charge in [-0.15, -0.1) is 0 Å². The van der Waals surface area contributed by atoms with Crippen LogP contribution in [0.5, 0.6) is 17.2 Å². The lowest BCUT2D eigenvalue weighted by Crippen LogP contribution is -2.43. The van der Waals surface area contributed by atoms with Crippen molar-refractivity contribution in [1.29, 1.82) is 0 Å². The van der Waals surface area contributed by atoms with Crippen molar-refractivity contribution in [3.05, 3.63) is 54.1 Å². The first-order valence-electron chi connectivity index (χ1n) is 9.68. The number of nitrogens with one attached hydrogen (secondary N) is 1. The number of ether oxygens (including phenoxy) is 3. The summed E-state index contributed by atoms with van der Waals surface area (Å²) >= 11 is 0. The van der Waals surface area contributed by atoms with Crippen LogP contribution >= 0.6 is 0 Å². The van der Waals surface area contributed by atoms with Crippen LogP contribution in [0.1, 0.15) is 25.8 Å². The zero-order valence-corrected chi connectivity index (χ0v) is 16.9. The Morgan fingerprint density at radius 3 is 2.03 bits per heavy atom. The molecule has 2 aromatic carbocycles. The SMILES string of the molecule is CCOc1ccc(OCCN2C(=O)N[C@](CC)(c3ccc(OC)cc3)C2=O)cc1. The first-order valence-corrected chi connectivity index (χ1v) is 9.68. The number of nitrogens with zero attached hydrogens (tertiary/aromatic N) is 1. The van der Waals surface area contributed by atoms with Crippen LogP contribution in [-0.4, -0.2) is 43.7 Å². The summed E-state index contributed by atoms with van der Waals surface area (Å²) in [4.78, 5) is 26.8. The molecule has 0 bridgehead atoms. The topological polar surface area (TPSA) is 77.1 Å². The van der Waals surface area contributed by atoms with Crippen molar-refractivity contribution in [3.63, 3.8) is 0 Å². The number of carbonyl (C=O) groups excluding carboxylic acids is 2. The summed E-state index contributed by atoms with van der Waals surface area (Å²) in [6.45, 7) is 4.76. The van der Waals surface area contributed by atoms with Crippen LogP contribution in [0.2, 0.25) is 0 Å². The number of hydrogen-bond acceptors (Lipinski definition) is 5. The van der Waals surface area contributed by atoms with Gasteiger partial charge in [0.15, 0.2) is 0 Å². The monoisotopic (exact) mass is 398 g/mol. The Kier molecular flexibility index (Phi) is 6.26. The fraction of sp³-hybridized carbons (Fsp3) is 0.364. The molecule has 1 saturated heterocycles. The molecule has 0 aliphatic carbocycles. The number of imide groups is 1. The number of amides is 3. The van der Waals surface area contributed by atoms with E-state index in [1.165, 1.54) is 4.90 Å². The van der Waals surface area contributed by atoms with Crippen molar-refractivity contribution < 1.29 is 23.8 Å². The standard InChI is InChI=1S/C22H26N2O5/c1-4-22(16-6-8-17(27-3)9-7-16)20(25)24(21(26)23-22)14-15-29-19-12-10-18(11-13-19)28-5-2/h6-13H,4-5,14-15H2,1-3H3,(H,23,26)/t22-/m1/s1. The zero-order valence-electron chi connectivity index (χ0n) is 16.9. The first kappa shape index (κ1) is 20.5. The van der Waals surface area contributed by atoms with Crippen LogP contribution in [0.25, 0.3) is 0 Å². The van der Waals surface area contributed by atoms with E-state index in [4.69, 9.17) is 14.2 Å². The Morgan fingerprint density at radius 1 is 0.897 bits per heavy atom. The molecule has 0 saturated carbocycles. The predicted molar refractivity (Wildman–Crippen MR) is 108 cm³/mol. The van der Waals surface area contributed by atoms with E-state index in [0.29, 0.717) is 24.5 Å². The molecule has 0 aromatic heterocycles. The molecule has 0 unspecified atom stereocenters. The molecule has 1 aliphatic heterocycles. The molecule has 0 radical (unpaired) electrons. The molecule has 3 rings (SSSR count). The number of methoxy groups -OCH3 is 1. The Labute approximate surface area is 170 Å². The van der Waals surface area contributed by atoms with E-state index in [0.717, 1.165) is 11.3 Å². The van der Waals surface area contributed by atoms with Crippen molar-refractivity contribution in [3.8, 4) is 17.2 Å². The third kappa shape index (κ3) is 4.13. The Hall–Kier alpha value is -3.22. The molecule has 3 amide bonds. The van der Waals surface area contributed by atoms with E-state index in [2.05, 4.69) is 5.32 Å². The third-order valence-electron chi connectivity index (χ3n) is 5.01. The maximum atomic E-state index is 13.1. The highest BCUT2D eigenvalue weighted by atomic mass is 16.5. The summed E-state index contributed by atoms with van der Waals surface area (Å²) in [6, 6.07) is 14.0. The fourth-order valence-corrected chi connectivity index (χ4v) is 3.40. The molecule has 7 heteroatoms. The number of urea groups is 1. The molecule has 1 atom stereocenters. The van der Waals surface area contributed by atoms with Crippen LogP contribution < -0.4 is 19.5 Å². The van der Waals surface area contributed by atoms with Gasteiger partial charge < -0.3 is 19.5 Å². The normalized spacial score (nSPS) is 18.5.